The Morgan fingerprint density at radius 3 is 2.47 bits per heavy atom. The summed E-state index contributed by atoms with van der Waals surface area (Å²) in [4.78, 5) is 33.0. The van der Waals surface area contributed by atoms with E-state index in [2.05, 4.69) is 9.97 Å². The normalized spacial score (nSPS) is 11.4. The molecule has 0 saturated carbocycles. The zero-order valence-corrected chi connectivity index (χ0v) is 17.4. The van der Waals surface area contributed by atoms with Gasteiger partial charge in [0, 0.05) is 0 Å². The van der Waals surface area contributed by atoms with Gasteiger partial charge in [0.15, 0.2) is 5.58 Å². The number of nitrogens with zero attached hydrogens (tertiary/aromatic N) is 2. The molecule has 0 fully saturated rings. The number of hydrogen-bond donors (Lipinski definition) is 1. The minimum atomic E-state index is -0.578. The van der Waals surface area contributed by atoms with Crippen LogP contribution in [0.25, 0.3) is 11.1 Å². The fraction of sp³-hybridized carbons (Fsp3) is 0.261. The highest BCUT2D eigenvalue weighted by atomic mass is 16.5. The quantitative estimate of drug-likeness (QED) is 0.536. The highest BCUT2D eigenvalue weighted by molar-refractivity contribution is 5.72. The molecule has 2 heterocycles. The third kappa shape index (κ3) is 3.78. The number of hydrogen-bond acceptors (Lipinski definition) is 5. The lowest BCUT2D eigenvalue weighted by atomic mass is 10.1. The fourth-order valence-corrected chi connectivity index (χ4v) is 3.53. The largest absolute Gasteiger partial charge is 0.440 e. The number of oxazole rings is 1. The molecule has 154 valence electrons. The second-order valence-corrected chi connectivity index (χ2v) is 7.72. The smallest absolute Gasteiger partial charge is 0.331 e. The predicted octanol–water partition coefficient (Wildman–Crippen LogP) is 4.26. The van der Waals surface area contributed by atoms with Gasteiger partial charge in [0.2, 0.25) is 11.8 Å². The highest BCUT2D eigenvalue weighted by Gasteiger charge is 2.20. The first kappa shape index (κ1) is 19.7. The summed E-state index contributed by atoms with van der Waals surface area (Å²) in [6.07, 6.45) is 0. The van der Waals surface area contributed by atoms with Crippen LogP contribution in [0.15, 0.2) is 56.5 Å². The zero-order valence-electron chi connectivity index (χ0n) is 17.4. The second kappa shape index (κ2) is 7.67. The van der Waals surface area contributed by atoms with Crippen LogP contribution in [0, 0.1) is 13.8 Å². The lowest BCUT2D eigenvalue weighted by Crippen LogP contribution is -2.38. The summed E-state index contributed by atoms with van der Waals surface area (Å²) in [5.74, 6) is 0.867. The first-order valence-electron chi connectivity index (χ1n) is 9.79. The van der Waals surface area contributed by atoms with Crippen LogP contribution in [0.1, 0.15) is 42.3 Å². The monoisotopic (exact) mass is 405 g/mol. The molecule has 7 heteroatoms. The number of H-pyrrole nitrogens is 1. The number of aromatic nitrogens is 3. The molecule has 0 bridgehead atoms. The number of rotatable bonds is 5. The van der Waals surface area contributed by atoms with Gasteiger partial charge in [-0.15, -0.1) is 0 Å². The standard InChI is InChI=1S/C23H23N3O4/c1-13(2)20-21(29-16-10-14(3)9-15(4)11-16)25-23(28)26(22(20)27)12-19-24-17-7-5-6-8-18(17)30-19/h5-11,13H,12H2,1-4H3,(H,25,28). The third-order valence-electron chi connectivity index (χ3n) is 4.81. The molecular weight excluding hydrogens is 382 g/mol. The Labute approximate surface area is 173 Å². The molecule has 0 aliphatic rings. The molecule has 30 heavy (non-hydrogen) atoms. The maximum Gasteiger partial charge on any atom is 0.331 e. The SMILES string of the molecule is Cc1cc(C)cc(Oc2[nH]c(=O)n(Cc3nc4ccccc4o3)c(=O)c2C(C)C)c1. The molecule has 1 N–H and O–H groups in total. The minimum Gasteiger partial charge on any atom is -0.440 e. The van der Waals surface area contributed by atoms with Gasteiger partial charge in [0.05, 0.1) is 5.56 Å². The van der Waals surface area contributed by atoms with E-state index in [0.29, 0.717) is 28.3 Å². The van der Waals surface area contributed by atoms with Gasteiger partial charge in [-0.2, -0.15) is 0 Å². The maximum atomic E-state index is 13.2. The van der Waals surface area contributed by atoms with Crippen LogP contribution in [-0.2, 0) is 6.54 Å². The van der Waals surface area contributed by atoms with E-state index in [-0.39, 0.29) is 18.3 Å². The van der Waals surface area contributed by atoms with Gasteiger partial charge in [0.25, 0.3) is 5.56 Å². The van der Waals surface area contributed by atoms with Gasteiger partial charge < -0.3 is 9.15 Å². The van der Waals surface area contributed by atoms with Crippen molar-refractivity contribution in [3.63, 3.8) is 0 Å². The molecule has 4 aromatic rings. The van der Waals surface area contributed by atoms with Crippen molar-refractivity contribution in [2.24, 2.45) is 0 Å². The Bertz CT molecular complexity index is 1290. The van der Waals surface area contributed by atoms with Crippen molar-refractivity contribution in [1.82, 2.24) is 14.5 Å². The molecule has 0 spiro atoms. The molecule has 0 atom stereocenters. The summed E-state index contributed by atoms with van der Waals surface area (Å²) in [6.45, 7) is 7.63. The number of para-hydroxylation sites is 2. The summed E-state index contributed by atoms with van der Waals surface area (Å²) >= 11 is 0. The van der Waals surface area contributed by atoms with E-state index < -0.39 is 11.2 Å². The number of fused-ring (bicyclic) bond motifs is 1. The van der Waals surface area contributed by atoms with Gasteiger partial charge in [-0.1, -0.05) is 32.0 Å². The average Bonchev–Trinajstić information content (AvgIpc) is 3.06. The summed E-state index contributed by atoms with van der Waals surface area (Å²) in [6, 6.07) is 13.0. The Morgan fingerprint density at radius 2 is 1.80 bits per heavy atom. The van der Waals surface area contributed by atoms with E-state index in [1.807, 2.05) is 64.1 Å². The zero-order chi connectivity index (χ0) is 21.4. The first-order chi connectivity index (χ1) is 14.3. The molecule has 0 aliphatic carbocycles. The molecule has 0 aliphatic heterocycles. The van der Waals surface area contributed by atoms with Crippen LogP contribution in [0.4, 0.5) is 0 Å². The van der Waals surface area contributed by atoms with E-state index in [0.717, 1.165) is 15.7 Å². The van der Waals surface area contributed by atoms with Crippen molar-refractivity contribution in [2.75, 3.05) is 0 Å². The summed E-state index contributed by atoms with van der Waals surface area (Å²) in [7, 11) is 0. The molecule has 4 rings (SSSR count). The number of ether oxygens (including phenoxy) is 1. The molecular formula is C23H23N3O4. The predicted molar refractivity (Wildman–Crippen MR) is 115 cm³/mol. The van der Waals surface area contributed by atoms with Gasteiger partial charge in [0.1, 0.15) is 17.8 Å². The van der Waals surface area contributed by atoms with Crippen LogP contribution >= 0.6 is 0 Å². The Kier molecular flexibility index (Phi) is 5.03. The van der Waals surface area contributed by atoms with Gasteiger partial charge in [-0.05, 0) is 55.2 Å². The number of nitrogens with one attached hydrogen (secondary N) is 1. The van der Waals surface area contributed by atoms with Crippen molar-refractivity contribution in [1.29, 1.82) is 0 Å². The van der Waals surface area contributed by atoms with Crippen LogP contribution in [-0.4, -0.2) is 14.5 Å². The molecule has 2 aromatic carbocycles. The van der Waals surface area contributed by atoms with E-state index in [1.54, 1.807) is 6.07 Å². The van der Waals surface area contributed by atoms with E-state index >= 15 is 0 Å². The lowest BCUT2D eigenvalue weighted by Gasteiger charge is -2.15. The van der Waals surface area contributed by atoms with Crippen LogP contribution in [0.2, 0.25) is 0 Å². The Morgan fingerprint density at radius 1 is 1.10 bits per heavy atom. The van der Waals surface area contributed by atoms with Crippen LogP contribution < -0.4 is 16.0 Å². The fourth-order valence-electron chi connectivity index (χ4n) is 3.53. The lowest BCUT2D eigenvalue weighted by molar-refractivity contribution is 0.433. The molecule has 7 nitrogen and oxygen atoms in total. The molecule has 2 aromatic heterocycles. The summed E-state index contributed by atoms with van der Waals surface area (Å²) < 4.78 is 12.7. The number of aryl methyl sites for hydroxylation is 2. The summed E-state index contributed by atoms with van der Waals surface area (Å²) in [5, 5.41) is 0. The third-order valence-corrected chi connectivity index (χ3v) is 4.81. The van der Waals surface area contributed by atoms with Gasteiger partial charge >= 0.3 is 5.69 Å². The molecule has 0 radical (unpaired) electrons. The van der Waals surface area contributed by atoms with Crippen LogP contribution in [0.3, 0.4) is 0 Å². The Balaban J connectivity index is 1.77. The Hall–Kier alpha value is -3.61. The second-order valence-electron chi connectivity index (χ2n) is 7.72. The number of aromatic amines is 1. The van der Waals surface area contributed by atoms with Gasteiger partial charge in [-0.3, -0.25) is 14.3 Å². The van der Waals surface area contributed by atoms with E-state index in [1.165, 1.54) is 0 Å². The van der Waals surface area contributed by atoms with Crippen LogP contribution in [0.5, 0.6) is 11.6 Å². The molecule has 0 amide bonds. The van der Waals surface area contributed by atoms with Crippen molar-refractivity contribution >= 4 is 11.1 Å². The topological polar surface area (TPSA) is 90.1 Å². The van der Waals surface area contributed by atoms with Crippen molar-refractivity contribution in [3.8, 4) is 11.6 Å². The van der Waals surface area contributed by atoms with E-state index in [4.69, 9.17) is 9.15 Å². The molecule has 0 unspecified atom stereocenters. The van der Waals surface area contributed by atoms with Crippen molar-refractivity contribution in [3.05, 3.63) is 85.9 Å². The first-order valence-corrected chi connectivity index (χ1v) is 9.79. The van der Waals surface area contributed by atoms with Crippen molar-refractivity contribution < 1.29 is 9.15 Å². The summed E-state index contributed by atoms with van der Waals surface area (Å²) in [5.41, 5.74) is 2.74. The number of benzene rings is 2. The van der Waals surface area contributed by atoms with E-state index in [9.17, 15) is 9.59 Å². The molecule has 0 saturated heterocycles. The average molecular weight is 405 g/mol. The highest BCUT2D eigenvalue weighted by Crippen LogP contribution is 2.27. The van der Waals surface area contributed by atoms with Gasteiger partial charge in [-0.25, -0.2) is 9.78 Å². The minimum absolute atomic E-state index is 0.0631. The van der Waals surface area contributed by atoms with Crippen molar-refractivity contribution in [2.45, 2.75) is 40.2 Å². The maximum absolute atomic E-state index is 13.2.